The number of hydrogen-bond donors (Lipinski definition) is 1. The zero-order valence-corrected chi connectivity index (χ0v) is 10.7. The highest BCUT2D eigenvalue weighted by Gasteiger charge is 2.45. The predicted octanol–water partition coefficient (Wildman–Crippen LogP) is 2.99. The molecule has 1 heterocycles. The summed E-state index contributed by atoms with van der Waals surface area (Å²) in [5, 5.41) is 2.92. The molecule has 0 saturated carbocycles. The summed E-state index contributed by atoms with van der Waals surface area (Å²) in [6.07, 6.45) is -4.49. The maximum atomic E-state index is 13.3. The van der Waals surface area contributed by atoms with Crippen LogP contribution in [0.3, 0.4) is 0 Å². The highest BCUT2D eigenvalue weighted by atomic mass is 35.5. The average molecular weight is 297 g/mol. The maximum Gasteiger partial charge on any atom is 0.408 e. The van der Waals surface area contributed by atoms with Crippen LogP contribution in [0.25, 0.3) is 0 Å². The largest absolute Gasteiger partial charge is 0.408 e. The zero-order chi connectivity index (χ0) is 14.0. The lowest BCUT2D eigenvalue weighted by Gasteiger charge is -2.36. The van der Waals surface area contributed by atoms with Crippen LogP contribution in [-0.2, 0) is 0 Å². The van der Waals surface area contributed by atoms with Gasteiger partial charge in [-0.3, -0.25) is 4.90 Å². The van der Waals surface area contributed by atoms with E-state index in [1.807, 2.05) is 0 Å². The molecule has 0 aliphatic carbocycles. The van der Waals surface area contributed by atoms with E-state index in [1.54, 1.807) is 0 Å². The molecule has 1 fully saturated rings. The average Bonchev–Trinajstić information content (AvgIpc) is 2.33. The van der Waals surface area contributed by atoms with Crippen LogP contribution in [0.5, 0.6) is 0 Å². The van der Waals surface area contributed by atoms with E-state index < -0.39 is 18.0 Å². The molecule has 1 aliphatic rings. The third-order valence-electron chi connectivity index (χ3n) is 3.08. The van der Waals surface area contributed by atoms with Crippen LogP contribution in [0.4, 0.5) is 17.6 Å². The number of halogens is 5. The van der Waals surface area contributed by atoms with Gasteiger partial charge in [-0.2, -0.15) is 13.2 Å². The van der Waals surface area contributed by atoms with E-state index in [0.717, 1.165) is 18.2 Å². The van der Waals surface area contributed by atoms with E-state index in [2.05, 4.69) is 5.32 Å². The van der Waals surface area contributed by atoms with Gasteiger partial charge in [0.05, 0.1) is 0 Å². The summed E-state index contributed by atoms with van der Waals surface area (Å²) in [4.78, 5) is 1.27. The summed E-state index contributed by atoms with van der Waals surface area (Å²) in [5.41, 5.74) is -0.226. The van der Waals surface area contributed by atoms with Crippen molar-refractivity contribution in [1.82, 2.24) is 10.2 Å². The topological polar surface area (TPSA) is 15.3 Å². The fourth-order valence-electron chi connectivity index (χ4n) is 2.24. The molecule has 2 rings (SSSR count). The second-order valence-corrected chi connectivity index (χ2v) is 4.80. The number of benzene rings is 1. The van der Waals surface area contributed by atoms with Gasteiger partial charge in [0.25, 0.3) is 0 Å². The Labute approximate surface area is 113 Å². The summed E-state index contributed by atoms with van der Waals surface area (Å²) in [6.45, 7) is 1.44. The molecule has 19 heavy (non-hydrogen) atoms. The van der Waals surface area contributed by atoms with Crippen LogP contribution in [0.2, 0.25) is 5.02 Å². The summed E-state index contributed by atoms with van der Waals surface area (Å²) < 4.78 is 53.0. The molecule has 1 aromatic rings. The monoisotopic (exact) mass is 296 g/mol. The van der Waals surface area contributed by atoms with Crippen molar-refractivity contribution in [2.75, 3.05) is 26.2 Å². The lowest BCUT2D eigenvalue weighted by Crippen LogP contribution is -2.49. The van der Waals surface area contributed by atoms with Gasteiger partial charge in [-0.25, -0.2) is 4.39 Å². The molecule has 0 aromatic heterocycles. The molecule has 0 amide bonds. The highest BCUT2D eigenvalue weighted by Crippen LogP contribution is 2.40. The van der Waals surface area contributed by atoms with Gasteiger partial charge in [0.15, 0.2) is 0 Å². The molecule has 1 aliphatic heterocycles. The van der Waals surface area contributed by atoms with Crippen molar-refractivity contribution in [1.29, 1.82) is 0 Å². The SMILES string of the molecule is Fc1ccc(Cl)c([C@H](N2CCNCC2)C(F)(F)F)c1. The normalized spacial score (nSPS) is 19.4. The molecule has 2 nitrogen and oxygen atoms in total. The number of nitrogens with zero attached hydrogens (tertiary/aromatic N) is 1. The van der Waals surface area contributed by atoms with Crippen molar-refractivity contribution in [3.05, 3.63) is 34.6 Å². The Hall–Kier alpha value is -0.850. The Morgan fingerprint density at radius 3 is 2.42 bits per heavy atom. The first-order chi connectivity index (χ1) is 8.89. The zero-order valence-electron chi connectivity index (χ0n) is 9.97. The van der Waals surface area contributed by atoms with Crippen LogP contribution in [0.1, 0.15) is 11.6 Å². The molecular weight excluding hydrogens is 284 g/mol. The Balaban J connectivity index is 2.39. The molecule has 7 heteroatoms. The van der Waals surface area contributed by atoms with Crippen molar-refractivity contribution in [2.24, 2.45) is 0 Å². The van der Waals surface area contributed by atoms with Crippen molar-refractivity contribution >= 4 is 11.6 Å². The molecule has 0 unspecified atom stereocenters. The van der Waals surface area contributed by atoms with Crippen LogP contribution in [0, 0.1) is 5.82 Å². The van der Waals surface area contributed by atoms with Crippen LogP contribution < -0.4 is 5.32 Å². The van der Waals surface area contributed by atoms with E-state index in [4.69, 9.17) is 11.6 Å². The Kier molecular flexibility index (Phi) is 4.32. The molecular formula is C12H13ClF4N2. The highest BCUT2D eigenvalue weighted by molar-refractivity contribution is 6.31. The molecule has 1 aromatic carbocycles. The van der Waals surface area contributed by atoms with Gasteiger partial charge in [0.1, 0.15) is 11.9 Å². The maximum absolute atomic E-state index is 13.3. The predicted molar refractivity (Wildman–Crippen MR) is 64.6 cm³/mol. The Morgan fingerprint density at radius 2 is 1.84 bits per heavy atom. The van der Waals surface area contributed by atoms with Crippen LogP contribution in [0.15, 0.2) is 18.2 Å². The van der Waals surface area contributed by atoms with Crippen molar-refractivity contribution in [3.63, 3.8) is 0 Å². The summed E-state index contributed by atoms with van der Waals surface area (Å²) >= 11 is 5.81. The van der Waals surface area contributed by atoms with E-state index in [-0.39, 0.29) is 23.7 Å². The molecule has 1 N–H and O–H groups in total. The fourth-order valence-corrected chi connectivity index (χ4v) is 2.47. The Bertz CT molecular complexity index is 444. The van der Waals surface area contributed by atoms with Gasteiger partial charge in [-0.15, -0.1) is 0 Å². The molecule has 0 radical (unpaired) electrons. The van der Waals surface area contributed by atoms with Crippen molar-refractivity contribution in [2.45, 2.75) is 12.2 Å². The minimum absolute atomic E-state index is 0.0674. The first kappa shape index (κ1) is 14.6. The number of hydrogen-bond acceptors (Lipinski definition) is 2. The van der Waals surface area contributed by atoms with E-state index in [0.29, 0.717) is 13.1 Å². The summed E-state index contributed by atoms with van der Waals surface area (Å²) in [7, 11) is 0. The van der Waals surface area contributed by atoms with Crippen LogP contribution >= 0.6 is 11.6 Å². The van der Waals surface area contributed by atoms with Gasteiger partial charge in [-0.1, -0.05) is 11.6 Å². The number of rotatable bonds is 2. The second-order valence-electron chi connectivity index (χ2n) is 4.40. The lowest BCUT2D eigenvalue weighted by atomic mass is 10.0. The van der Waals surface area contributed by atoms with Crippen LogP contribution in [-0.4, -0.2) is 37.3 Å². The van der Waals surface area contributed by atoms with E-state index >= 15 is 0 Å². The standard InChI is InChI=1S/C12H13ClF4N2/c13-10-2-1-8(14)7-9(10)11(12(15,16)17)19-5-3-18-4-6-19/h1-2,7,11,18H,3-6H2/t11-/m0/s1. The number of nitrogens with one attached hydrogen (secondary N) is 1. The minimum Gasteiger partial charge on any atom is -0.314 e. The van der Waals surface area contributed by atoms with Gasteiger partial charge in [-0.05, 0) is 23.8 Å². The van der Waals surface area contributed by atoms with Gasteiger partial charge < -0.3 is 5.32 Å². The van der Waals surface area contributed by atoms with Crippen molar-refractivity contribution in [3.8, 4) is 0 Å². The molecule has 0 spiro atoms. The summed E-state index contributed by atoms with van der Waals surface area (Å²) in [5.74, 6) is -0.719. The van der Waals surface area contributed by atoms with E-state index in [9.17, 15) is 17.6 Å². The third kappa shape index (κ3) is 3.38. The molecule has 106 valence electrons. The summed E-state index contributed by atoms with van der Waals surface area (Å²) in [6, 6.07) is 1.21. The third-order valence-corrected chi connectivity index (χ3v) is 3.42. The van der Waals surface area contributed by atoms with Gasteiger partial charge in [0.2, 0.25) is 0 Å². The quantitative estimate of drug-likeness (QED) is 0.844. The second kappa shape index (κ2) is 5.64. The molecule has 1 saturated heterocycles. The fraction of sp³-hybridized carbons (Fsp3) is 0.500. The van der Waals surface area contributed by atoms with Gasteiger partial charge >= 0.3 is 6.18 Å². The molecule has 0 bridgehead atoms. The minimum atomic E-state index is -4.49. The molecule has 1 atom stereocenters. The van der Waals surface area contributed by atoms with E-state index in [1.165, 1.54) is 4.90 Å². The number of piperazine rings is 1. The first-order valence-corrected chi connectivity index (χ1v) is 6.24. The first-order valence-electron chi connectivity index (χ1n) is 5.86. The Morgan fingerprint density at radius 1 is 1.21 bits per heavy atom. The number of alkyl halides is 3. The van der Waals surface area contributed by atoms with Gasteiger partial charge in [0, 0.05) is 31.2 Å². The smallest absolute Gasteiger partial charge is 0.314 e. The lowest BCUT2D eigenvalue weighted by molar-refractivity contribution is -0.187. The van der Waals surface area contributed by atoms with Crippen molar-refractivity contribution < 1.29 is 17.6 Å².